The Morgan fingerprint density at radius 1 is 1.29 bits per heavy atom. The van der Waals surface area contributed by atoms with Gasteiger partial charge in [0.1, 0.15) is 4.88 Å². The minimum absolute atomic E-state index is 0. The third kappa shape index (κ3) is 5.14. The number of fused-ring (bicyclic) bond motifs is 3. The van der Waals surface area contributed by atoms with Gasteiger partial charge in [-0.05, 0) is 24.1 Å². The topological polar surface area (TPSA) is 77.3 Å². The number of hydrogen-bond acceptors (Lipinski definition) is 7. The van der Waals surface area contributed by atoms with E-state index >= 15 is 0 Å². The van der Waals surface area contributed by atoms with Crippen molar-refractivity contribution in [3.8, 4) is 0 Å². The molecule has 1 amide bonds. The molecule has 31 heavy (non-hydrogen) atoms. The van der Waals surface area contributed by atoms with Crippen molar-refractivity contribution < 1.29 is 19.0 Å². The largest absolute Gasteiger partial charge is 0.380 e. The van der Waals surface area contributed by atoms with Gasteiger partial charge in [0.15, 0.2) is 11.3 Å². The summed E-state index contributed by atoms with van der Waals surface area (Å²) in [4.78, 5) is 20.6. The zero-order chi connectivity index (χ0) is 19.8. The Morgan fingerprint density at radius 3 is 2.84 bits per heavy atom. The number of hydrogen-bond donors (Lipinski definition) is 1. The van der Waals surface area contributed by atoms with Gasteiger partial charge in [-0.15, -0.1) is 24.8 Å². The molecule has 0 saturated carbocycles. The third-order valence-electron chi connectivity index (χ3n) is 5.36. The van der Waals surface area contributed by atoms with E-state index in [-0.39, 0.29) is 37.0 Å². The van der Waals surface area contributed by atoms with E-state index in [0.717, 1.165) is 42.2 Å². The Hall–Kier alpha value is -1.46. The lowest BCUT2D eigenvalue weighted by molar-refractivity contribution is -0.0542. The Kier molecular flexibility index (Phi) is 8.14. The zero-order valence-corrected chi connectivity index (χ0v) is 19.6. The van der Waals surface area contributed by atoms with E-state index in [1.807, 2.05) is 10.6 Å². The number of likely N-dealkylation sites (N-methyl/N-ethyl adjacent to an activating group) is 1. The minimum Gasteiger partial charge on any atom is -0.380 e. The van der Waals surface area contributed by atoms with Crippen LogP contribution >= 0.6 is 36.2 Å². The molecule has 8 nitrogen and oxygen atoms in total. The number of amides is 1. The second kappa shape index (κ2) is 10.4. The van der Waals surface area contributed by atoms with Gasteiger partial charge in [0.2, 0.25) is 0 Å². The van der Waals surface area contributed by atoms with Crippen LogP contribution in [0.3, 0.4) is 0 Å². The van der Waals surface area contributed by atoms with Gasteiger partial charge in [-0.3, -0.25) is 9.20 Å². The molecule has 170 valence electrons. The van der Waals surface area contributed by atoms with E-state index in [1.165, 1.54) is 16.9 Å². The van der Waals surface area contributed by atoms with Gasteiger partial charge in [-0.2, -0.15) is 0 Å². The summed E-state index contributed by atoms with van der Waals surface area (Å²) in [5, 5.41) is 3.53. The second-order valence-corrected chi connectivity index (χ2v) is 8.49. The summed E-state index contributed by atoms with van der Waals surface area (Å²) in [7, 11) is 1.77. The maximum Gasteiger partial charge on any atom is 0.265 e. The Balaban J connectivity index is 0.00000136. The highest BCUT2D eigenvalue weighted by Gasteiger charge is 2.23. The van der Waals surface area contributed by atoms with Crippen LogP contribution in [-0.2, 0) is 20.8 Å². The molecule has 1 aromatic carbocycles. The van der Waals surface area contributed by atoms with Crippen LogP contribution in [0.25, 0.3) is 16.0 Å². The number of thiazole rings is 1. The lowest BCUT2D eigenvalue weighted by Gasteiger charge is -2.19. The van der Waals surface area contributed by atoms with Gasteiger partial charge in [0.25, 0.3) is 5.91 Å². The quantitative estimate of drug-likeness (QED) is 0.574. The van der Waals surface area contributed by atoms with Crippen molar-refractivity contribution in [2.75, 3.05) is 40.0 Å². The molecular weight excluding hydrogens is 463 g/mol. The number of nitrogens with one attached hydrogen (secondary N) is 1. The van der Waals surface area contributed by atoms with Crippen LogP contribution in [0.5, 0.6) is 0 Å². The van der Waals surface area contributed by atoms with E-state index in [4.69, 9.17) is 19.2 Å². The fraction of sp³-hybridized carbons (Fsp3) is 0.500. The predicted octanol–water partition coefficient (Wildman–Crippen LogP) is 2.72. The van der Waals surface area contributed by atoms with Gasteiger partial charge >= 0.3 is 0 Å². The first-order valence-electron chi connectivity index (χ1n) is 9.88. The number of halogens is 2. The van der Waals surface area contributed by atoms with Crippen LogP contribution < -0.4 is 5.32 Å². The van der Waals surface area contributed by atoms with E-state index in [2.05, 4.69) is 23.5 Å². The Bertz CT molecular complexity index is 1030. The summed E-state index contributed by atoms with van der Waals surface area (Å²) < 4.78 is 18.3. The highest BCUT2D eigenvalue weighted by Crippen LogP contribution is 2.25. The first-order chi connectivity index (χ1) is 14.2. The van der Waals surface area contributed by atoms with Crippen molar-refractivity contribution in [1.82, 2.24) is 19.6 Å². The molecule has 0 aliphatic carbocycles. The van der Waals surface area contributed by atoms with Gasteiger partial charge < -0.3 is 24.4 Å². The molecule has 1 N–H and O–H groups in total. The molecule has 2 aliphatic heterocycles. The number of carbonyl (C=O) groups is 1. The molecule has 2 aromatic heterocycles. The smallest absolute Gasteiger partial charge is 0.265 e. The van der Waals surface area contributed by atoms with Crippen LogP contribution in [0.4, 0.5) is 0 Å². The highest BCUT2D eigenvalue weighted by atomic mass is 35.5. The van der Waals surface area contributed by atoms with Gasteiger partial charge in [0.05, 0.1) is 37.4 Å². The van der Waals surface area contributed by atoms with Crippen molar-refractivity contribution in [3.05, 3.63) is 34.8 Å². The van der Waals surface area contributed by atoms with Gasteiger partial charge in [0, 0.05) is 32.4 Å². The zero-order valence-electron chi connectivity index (χ0n) is 17.1. The Morgan fingerprint density at radius 2 is 2.10 bits per heavy atom. The van der Waals surface area contributed by atoms with E-state index in [1.54, 1.807) is 11.9 Å². The molecule has 0 spiro atoms. The van der Waals surface area contributed by atoms with Crippen LogP contribution in [0.15, 0.2) is 24.4 Å². The summed E-state index contributed by atoms with van der Waals surface area (Å²) in [5.74, 6) is -0.0487. The van der Waals surface area contributed by atoms with Crippen molar-refractivity contribution in [2.24, 2.45) is 0 Å². The average Bonchev–Trinajstić information content (AvgIpc) is 3.49. The standard InChI is InChI=1S/C20H24N4O4S.2ClH/c1-23(11-18-27-6-7-28-18)19(25)17-10-24-16-3-2-13(8-15(16)22-20(24)29-17)9-21-14-4-5-26-12-14;;/h2-3,8,10,14,18,21H,4-7,9,11-12H2,1H3;2*1H. The molecule has 2 aliphatic rings. The second-order valence-electron chi connectivity index (χ2n) is 7.48. The summed E-state index contributed by atoms with van der Waals surface area (Å²) >= 11 is 1.40. The molecular formula is C20H26Cl2N4O4S. The van der Waals surface area contributed by atoms with Crippen molar-refractivity contribution in [3.63, 3.8) is 0 Å². The number of benzene rings is 1. The molecule has 0 bridgehead atoms. The molecule has 4 heterocycles. The SMILES string of the molecule is CN(CC1OCCO1)C(=O)c1cn2c(nc3cc(CNC4CCOC4)ccc32)s1.Cl.Cl. The fourth-order valence-corrected chi connectivity index (χ4v) is 4.73. The van der Waals surface area contributed by atoms with Crippen LogP contribution in [0, 0.1) is 0 Å². The van der Waals surface area contributed by atoms with Gasteiger partial charge in [-0.1, -0.05) is 17.4 Å². The van der Waals surface area contributed by atoms with E-state index in [0.29, 0.717) is 30.7 Å². The molecule has 1 unspecified atom stereocenters. The maximum atomic E-state index is 12.8. The number of ether oxygens (including phenoxy) is 3. The van der Waals surface area contributed by atoms with Crippen LogP contribution in [0.1, 0.15) is 21.7 Å². The van der Waals surface area contributed by atoms with Crippen molar-refractivity contribution >= 4 is 58.1 Å². The Labute approximate surface area is 196 Å². The monoisotopic (exact) mass is 488 g/mol. The number of nitrogens with zero attached hydrogens (tertiary/aromatic N) is 3. The summed E-state index contributed by atoms with van der Waals surface area (Å²) in [6.07, 6.45) is 2.60. The van der Waals surface area contributed by atoms with Crippen molar-refractivity contribution in [1.29, 1.82) is 0 Å². The van der Waals surface area contributed by atoms with Crippen LogP contribution in [0.2, 0.25) is 0 Å². The number of aromatic nitrogens is 2. The summed E-state index contributed by atoms with van der Waals surface area (Å²) in [5.41, 5.74) is 3.15. The third-order valence-corrected chi connectivity index (χ3v) is 6.34. The minimum atomic E-state index is -0.336. The number of imidazole rings is 1. The first kappa shape index (κ1) is 24.2. The molecule has 3 aromatic rings. The normalized spacial score (nSPS) is 18.9. The van der Waals surface area contributed by atoms with Crippen molar-refractivity contribution in [2.45, 2.75) is 25.3 Å². The molecule has 11 heteroatoms. The van der Waals surface area contributed by atoms with E-state index in [9.17, 15) is 4.79 Å². The molecule has 0 radical (unpaired) electrons. The summed E-state index contributed by atoms with van der Waals surface area (Å²) in [6, 6.07) is 6.73. The molecule has 5 rings (SSSR count). The predicted molar refractivity (Wildman–Crippen MR) is 124 cm³/mol. The lowest BCUT2D eigenvalue weighted by Crippen LogP contribution is -2.34. The van der Waals surface area contributed by atoms with Gasteiger partial charge in [-0.25, -0.2) is 4.98 Å². The molecule has 1 atom stereocenters. The fourth-order valence-electron chi connectivity index (χ4n) is 3.73. The molecule has 2 fully saturated rings. The lowest BCUT2D eigenvalue weighted by atomic mass is 10.2. The number of carbonyl (C=O) groups excluding carboxylic acids is 1. The average molecular weight is 489 g/mol. The summed E-state index contributed by atoms with van der Waals surface area (Å²) in [6.45, 7) is 4.00. The maximum absolute atomic E-state index is 12.8. The highest BCUT2D eigenvalue weighted by molar-refractivity contribution is 7.18. The molecule has 2 saturated heterocycles. The van der Waals surface area contributed by atoms with E-state index < -0.39 is 0 Å². The first-order valence-corrected chi connectivity index (χ1v) is 10.7. The van der Waals surface area contributed by atoms with Crippen LogP contribution in [-0.4, -0.2) is 72.5 Å². The number of rotatable bonds is 6.